The first kappa shape index (κ1) is 20.2. The van der Waals surface area contributed by atoms with Crippen LogP contribution in [-0.2, 0) is 11.3 Å². The molecule has 0 atom stereocenters. The molecule has 148 valence electrons. The Kier molecular flexibility index (Phi) is 7.33. The topological polar surface area (TPSA) is 57.7 Å². The number of nitrogens with one attached hydrogen (secondary N) is 1. The fourth-order valence-electron chi connectivity index (χ4n) is 3.26. The van der Waals surface area contributed by atoms with E-state index in [0.29, 0.717) is 23.0 Å². The number of hydrogen-bond acceptors (Lipinski definition) is 5. The molecule has 3 rings (SSSR count). The normalized spacial score (nSPS) is 15.0. The lowest BCUT2D eigenvalue weighted by Crippen LogP contribution is -2.38. The van der Waals surface area contributed by atoms with Gasteiger partial charge in [0.1, 0.15) is 0 Å². The molecule has 1 aliphatic rings. The van der Waals surface area contributed by atoms with Crippen LogP contribution in [0.4, 0.5) is 5.69 Å². The van der Waals surface area contributed by atoms with E-state index >= 15 is 0 Å². The fourth-order valence-corrected chi connectivity index (χ4v) is 3.55. The summed E-state index contributed by atoms with van der Waals surface area (Å²) in [5.41, 5.74) is 2.40. The van der Waals surface area contributed by atoms with Crippen LogP contribution in [-0.4, -0.2) is 58.7 Å². The van der Waals surface area contributed by atoms with Crippen molar-refractivity contribution in [2.24, 2.45) is 0 Å². The number of carbonyl (C=O) groups excluding carboxylic acids is 1. The predicted octanol–water partition coefficient (Wildman–Crippen LogP) is 3.16. The standard InChI is InChI=1S/C21H26N4O2S/c1-2-27-20(26)18-8-3-4-9-19(18)23-21(28)25-12-6-11-24(13-14-25)16-17-7-5-10-22-15-17/h3-5,7-10,15H,2,6,11-14,16H2,1H3,(H,23,28). The second kappa shape index (κ2) is 10.1. The third kappa shape index (κ3) is 5.50. The van der Waals surface area contributed by atoms with Gasteiger partial charge in [0.05, 0.1) is 17.9 Å². The summed E-state index contributed by atoms with van der Waals surface area (Å²) >= 11 is 5.63. The molecule has 0 amide bonds. The minimum atomic E-state index is -0.341. The SMILES string of the molecule is CCOC(=O)c1ccccc1NC(=S)N1CCCN(Cc2cccnc2)CC1. The third-order valence-electron chi connectivity index (χ3n) is 4.67. The van der Waals surface area contributed by atoms with Crippen LogP contribution in [0.25, 0.3) is 0 Å². The summed E-state index contributed by atoms with van der Waals surface area (Å²) in [6.45, 7) is 6.71. The fraction of sp³-hybridized carbons (Fsp3) is 0.381. The molecule has 0 radical (unpaired) electrons. The second-order valence-corrected chi connectivity index (χ2v) is 7.06. The van der Waals surface area contributed by atoms with Crippen LogP contribution in [0.3, 0.4) is 0 Å². The van der Waals surface area contributed by atoms with E-state index in [-0.39, 0.29) is 5.97 Å². The van der Waals surface area contributed by atoms with E-state index in [1.807, 2.05) is 30.5 Å². The summed E-state index contributed by atoms with van der Waals surface area (Å²) in [6, 6.07) is 11.4. The van der Waals surface area contributed by atoms with Crippen LogP contribution in [0, 0.1) is 0 Å². The molecular formula is C21H26N4O2S. The van der Waals surface area contributed by atoms with Gasteiger partial charge < -0.3 is 15.0 Å². The Morgan fingerprint density at radius 2 is 2.04 bits per heavy atom. The van der Waals surface area contributed by atoms with Crippen molar-refractivity contribution in [3.8, 4) is 0 Å². The summed E-state index contributed by atoms with van der Waals surface area (Å²) in [5, 5.41) is 3.88. The number of rotatable bonds is 5. The summed E-state index contributed by atoms with van der Waals surface area (Å²) in [4.78, 5) is 20.9. The zero-order chi connectivity index (χ0) is 19.8. The zero-order valence-electron chi connectivity index (χ0n) is 16.1. The van der Waals surface area contributed by atoms with Gasteiger partial charge in [0.15, 0.2) is 5.11 Å². The third-order valence-corrected chi connectivity index (χ3v) is 5.03. The maximum atomic E-state index is 12.2. The molecule has 1 aromatic heterocycles. The Morgan fingerprint density at radius 1 is 1.18 bits per heavy atom. The van der Waals surface area contributed by atoms with Crippen molar-refractivity contribution in [3.63, 3.8) is 0 Å². The second-order valence-electron chi connectivity index (χ2n) is 6.67. The van der Waals surface area contributed by atoms with Gasteiger partial charge in [0.2, 0.25) is 0 Å². The molecule has 0 unspecified atom stereocenters. The van der Waals surface area contributed by atoms with Crippen molar-refractivity contribution in [3.05, 3.63) is 59.9 Å². The van der Waals surface area contributed by atoms with E-state index in [9.17, 15) is 4.79 Å². The van der Waals surface area contributed by atoms with E-state index in [0.717, 1.165) is 39.1 Å². The minimum absolute atomic E-state index is 0.341. The molecule has 0 spiro atoms. The molecule has 1 fully saturated rings. The predicted molar refractivity (Wildman–Crippen MR) is 114 cm³/mol. The quantitative estimate of drug-likeness (QED) is 0.613. The lowest BCUT2D eigenvalue weighted by molar-refractivity contribution is 0.0527. The highest BCUT2D eigenvalue weighted by Crippen LogP contribution is 2.18. The number of esters is 1. The molecule has 2 aromatic rings. The van der Waals surface area contributed by atoms with E-state index in [4.69, 9.17) is 17.0 Å². The maximum absolute atomic E-state index is 12.2. The van der Waals surface area contributed by atoms with Crippen LogP contribution in [0.15, 0.2) is 48.8 Å². The molecule has 2 heterocycles. The molecule has 6 nitrogen and oxygen atoms in total. The lowest BCUT2D eigenvalue weighted by atomic mass is 10.2. The number of nitrogens with zero attached hydrogens (tertiary/aromatic N) is 3. The monoisotopic (exact) mass is 398 g/mol. The summed E-state index contributed by atoms with van der Waals surface area (Å²) in [5.74, 6) is -0.341. The molecule has 1 N–H and O–H groups in total. The van der Waals surface area contributed by atoms with Gasteiger partial charge in [0, 0.05) is 45.1 Å². The van der Waals surface area contributed by atoms with Crippen LogP contribution in [0.5, 0.6) is 0 Å². The van der Waals surface area contributed by atoms with Crippen molar-refractivity contribution in [1.29, 1.82) is 0 Å². The number of pyridine rings is 1. The first-order valence-corrected chi connectivity index (χ1v) is 10.0. The van der Waals surface area contributed by atoms with Crippen LogP contribution in [0.2, 0.25) is 0 Å². The lowest BCUT2D eigenvalue weighted by Gasteiger charge is -2.25. The van der Waals surface area contributed by atoms with Gasteiger partial charge in [-0.05, 0) is 49.3 Å². The summed E-state index contributed by atoms with van der Waals surface area (Å²) < 4.78 is 5.14. The summed E-state index contributed by atoms with van der Waals surface area (Å²) in [7, 11) is 0. The van der Waals surface area contributed by atoms with E-state index in [1.54, 1.807) is 19.2 Å². The van der Waals surface area contributed by atoms with Gasteiger partial charge in [-0.15, -0.1) is 0 Å². The number of para-hydroxylation sites is 1. The molecule has 0 aliphatic carbocycles. The molecule has 1 aromatic carbocycles. The number of hydrogen-bond donors (Lipinski definition) is 1. The maximum Gasteiger partial charge on any atom is 0.340 e. The van der Waals surface area contributed by atoms with Crippen LogP contribution in [0.1, 0.15) is 29.3 Å². The van der Waals surface area contributed by atoms with Gasteiger partial charge >= 0.3 is 5.97 Å². The Bertz CT molecular complexity index is 800. The number of carbonyl (C=O) groups is 1. The first-order chi connectivity index (χ1) is 13.7. The van der Waals surface area contributed by atoms with Gasteiger partial charge in [-0.1, -0.05) is 18.2 Å². The molecule has 0 saturated carbocycles. The van der Waals surface area contributed by atoms with Crippen molar-refractivity contribution in [2.75, 3.05) is 38.1 Å². The van der Waals surface area contributed by atoms with Crippen LogP contribution >= 0.6 is 12.2 Å². The summed E-state index contributed by atoms with van der Waals surface area (Å²) in [6.07, 6.45) is 4.74. The number of anilines is 1. The van der Waals surface area contributed by atoms with Crippen molar-refractivity contribution in [2.45, 2.75) is 19.9 Å². The van der Waals surface area contributed by atoms with Crippen molar-refractivity contribution in [1.82, 2.24) is 14.8 Å². The van der Waals surface area contributed by atoms with Gasteiger partial charge in [-0.25, -0.2) is 4.79 Å². The Hall–Kier alpha value is -2.51. The molecule has 7 heteroatoms. The van der Waals surface area contributed by atoms with Crippen LogP contribution < -0.4 is 5.32 Å². The molecule has 1 saturated heterocycles. The number of ether oxygens (including phenoxy) is 1. The van der Waals surface area contributed by atoms with Crippen molar-refractivity contribution < 1.29 is 9.53 Å². The van der Waals surface area contributed by atoms with Gasteiger partial charge in [-0.2, -0.15) is 0 Å². The number of aromatic nitrogens is 1. The van der Waals surface area contributed by atoms with E-state index in [1.165, 1.54) is 5.56 Å². The highest BCUT2D eigenvalue weighted by molar-refractivity contribution is 7.80. The average Bonchev–Trinajstić information content (AvgIpc) is 2.95. The highest BCUT2D eigenvalue weighted by atomic mass is 32.1. The minimum Gasteiger partial charge on any atom is -0.462 e. The Morgan fingerprint density at radius 3 is 2.82 bits per heavy atom. The largest absolute Gasteiger partial charge is 0.462 e. The van der Waals surface area contributed by atoms with Crippen molar-refractivity contribution >= 4 is 29.0 Å². The van der Waals surface area contributed by atoms with Gasteiger partial charge in [-0.3, -0.25) is 9.88 Å². The number of benzene rings is 1. The molecular weight excluding hydrogens is 372 g/mol. The average molecular weight is 399 g/mol. The first-order valence-electron chi connectivity index (χ1n) is 9.60. The molecule has 28 heavy (non-hydrogen) atoms. The smallest absolute Gasteiger partial charge is 0.340 e. The number of thiocarbonyl (C=S) groups is 1. The van der Waals surface area contributed by atoms with Gasteiger partial charge in [0.25, 0.3) is 0 Å². The molecule has 0 bridgehead atoms. The zero-order valence-corrected chi connectivity index (χ0v) is 17.0. The van der Waals surface area contributed by atoms with E-state index < -0.39 is 0 Å². The Labute approximate surface area is 171 Å². The molecule has 1 aliphatic heterocycles. The van der Waals surface area contributed by atoms with E-state index in [2.05, 4.69) is 26.2 Å². The Balaban J connectivity index is 1.59. The highest BCUT2D eigenvalue weighted by Gasteiger charge is 2.19.